The molecule has 1 aliphatic heterocycles. The molecule has 6 heteroatoms. The Morgan fingerprint density at radius 2 is 1.71 bits per heavy atom. The van der Waals surface area contributed by atoms with Crippen molar-refractivity contribution < 1.29 is 4.79 Å². The third kappa shape index (κ3) is 3.41. The van der Waals surface area contributed by atoms with E-state index in [1.807, 2.05) is 36.4 Å². The highest BCUT2D eigenvalue weighted by Gasteiger charge is 2.33. The van der Waals surface area contributed by atoms with E-state index in [0.29, 0.717) is 19.9 Å². The highest BCUT2D eigenvalue weighted by molar-refractivity contribution is 8.27. The number of benzene rings is 2. The van der Waals surface area contributed by atoms with E-state index >= 15 is 0 Å². The Morgan fingerprint density at radius 3 is 2.43 bits per heavy atom. The van der Waals surface area contributed by atoms with Crippen molar-refractivity contribution in [3.8, 4) is 5.69 Å². The van der Waals surface area contributed by atoms with Crippen LogP contribution in [0.1, 0.15) is 17.0 Å². The molecular weight excluding hydrogens is 408 g/mol. The molecule has 1 aromatic heterocycles. The first kappa shape index (κ1) is 19.0. The summed E-state index contributed by atoms with van der Waals surface area (Å²) in [6.07, 6.45) is 1.92. The molecule has 1 saturated heterocycles. The maximum atomic E-state index is 13.0. The molecule has 3 nitrogen and oxygen atoms in total. The predicted octanol–water partition coefficient (Wildman–Crippen LogP) is 6.15. The lowest BCUT2D eigenvalue weighted by Crippen LogP contribution is -2.27. The third-order valence-corrected chi connectivity index (χ3v) is 6.17. The topological polar surface area (TPSA) is 25.2 Å². The van der Waals surface area contributed by atoms with Gasteiger partial charge in [-0.15, -0.1) is 0 Å². The molecule has 1 fully saturated rings. The Bertz CT molecular complexity index is 1120. The molecule has 0 unspecified atom stereocenters. The molecule has 2 heterocycles. The maximum absolute atomic E-state index is 13.0. The number of para-hydroxylation sites is 1. The van der Waals surface area contributed by atoms with Crippen LogP contribution in [-0.4, -0.2) is 14.8 Å². The van der Waals surface area contributed by atoms with Gasteiger partial charge in [-0.05, 0) is 61.9 Å². The molecule has 1 aliphatic rings. The van der Waals surface area contributed by atoms with Crippen LogP contribution < -0.4 is 4.90 Å². The number of anilines is 1. The number of thiocarbonyl (C=S) groups is 1. The van der Waals surface area contributed by atoms with Gasteiger partial charge in [0.15, 0.2) is 4.32 Å². The summed E-state index contributed by atoms with van der Waals surface area (Å²) in [6, 6.07) is 19.4. The maximum Gasteiger partial charge on any atom is 0.270 e. The van der Waals surface area contributed by atoms with Gasteiger partial charge in [0, 0.05) is 22.1 Å². The first-order valence-corrected chi connectivity index (χ1v) is 10.3. The zero-order chi connectivity index (χ0) is 19.8. The lowest BCUT2D eigenvalue weighted by atomic mass is 10.2. The van der Waals surface area contributed by atoms with Crippen LogP contribution in [0.25, 0.3) is 11.8 Å². The van der Waals surface area contributed by atoms with Crippen LogP contribution in [0.15, 0.2) is 65.6 Å². The smallest absolute Gasteiger partial charge is 0.270 e. The van der Waals surface area contributed by atoms with Gasteiger partial charge in [0.05, 0.1) is 10.6 Å². The van der Waals surface area contributed by atoms with Gasteiger partial charge in [0.2, 0.25) is 0 Å². The second kappa shape index (κ2) is 7.59. The van der Waals surface area contributed by atoms with Crippen LogP contribution in [0.3, 0.4) is 0 Å². The van der Waals surface area contributed by atoms with Crippen LogP contribution in [-0.2, 0) is 4.79 Å². The zero-order valence-corrected chi connectivity index (χ0v) is 17.7. The van der Waals surface area contributed by atoms with E-state index in [1.165, 1.54) is 16.7 Å². The summed E-state index contributed by atoms with van der Waals surface area (Å²) in [4.78, 5) is 15.1. The van der Waals surface area contributed by atoms with Crippen molar-refractivity contribution in [2.24, 2.45) is 0 Å². The number of aromatic nitrogens is 1. The molecule has 140 valence electrons. The van der Waals surface area contributed by atoms with Gasteiger partial charge >= 0.3 is 0 Å². The van der Waals surface area contributed by atoms with E-state index in [9.17, 15) is 4.79 Å². The minimum atomic E-state index is -0.123. The predicted molar refractivity (Wildman–Crippen MR) is 122 cm³/mol. The van der Waals surface area contributed by atoms with Crippen molar-refractivity contribution in [3.63, 3.8) is 0 Å². The van der Waals surface area contributed by atoms with Crippen molar-refractivity contribution in [3.05, 3.63) is 87.5 Å². The fourth-order valence-electron chi connectivity index (χ4n) is 3.35. The van der Waals surface area contributed by atoms with Gasteiger partial charge in [0.1, 0.15) is 0 Å². The van der Waals surface area contributed by atoms with Crippen molar-refractivity contribution >= 4 is 57.6 Å². The zero-order valence-electron chi connectivity index (χ0n) is 15.3. The highest BCUT2D eigenvalue weighted by atomic mass is 35.5. The van der Waals surface area contributed by atoms with E-state index in [4.69, 9.17) is 23.8 Å². The number of carbonyl (C=O) groups excluding carboxylic acids is 1. The number of rotatable bonds is 3. The number of halogens is 1. The summed E-state index contributed by atoms with van der Waals surface area (Å²) in [6.45, 7) is 4.12. The summed E-state index contributed by atoms with van der Waals surface area (Å²) in [7, 11) is 0. The molecule has 4 rings (SSSR count). The standard InChI is InChI=1S/C22H17ClN2OS2/c1-14-11-16(15(2)24(14)18-8-4-3-5-9-18)12-20-21(26)25(22(27)28-20)19-10-6-7-17(23)13-19/h3-13H,1-2H3/b20-12+. The van der Waals surface area contributed by atoms with Gasteiger partial charge in [-0.3, -0.25) is 9.69 Å². The van der Waals surface area contributed by atoms with E-state index < -0.39 is 0 Å². The van der Waals surface area contributed by atoms with Crippen LogP contribution in [0, 0.1) is 13.8 Å². The number of thioether (sulfide) groups is 1. The third-order valence-electron chi connectivity index (χ3n) is 4.63. The number of hydrogen-bond acceptors (Lipinski definition) is 3. The number of carbonyl (C=O) groups is 1. The van der Waals surface area contributed by atoms with Crippen LogP contribution >= 0.6 is 35.6 Å². The van der Waals surface area contributed by atoms with Gasteiger partial charge < -0.3 is 4.57 Å². The molecular formula is C22H17ClN2OS2. The minimum Gasteiger partial charge on any atom is -0.318 e. The Labute approximate surface area is 178 Å². The molecule has 0 atom stereocenters. The molecule has 28 heavy (non-hydrogen) atoms. The molecule has 2 aromatic carbocycles. The SMILES string of the molecule is Cc1cc(/C=C2/SC(=S)N(c3cccc(Cl)c3)C2=O)c(C)n1-c1ccccc1. The second-order valence-corrected chi connectivity index (χ2v) is 8.61. The minimum absolute atomic E-state index is 0.123. The lowest BCUT2D eigenvalue weighted by Gasteiger charge is -2.14. The van der Waals surface area contributed by atoms with Gasteiger partial charge in [-0.2, -0.15) is 0 Å². The van der Waals surface area contributed by atoms with E-state index in [-0.39, 0.29) is 5.91 Å². The van der Waals surface area contributed by atoms with Gasteiger partial charge in [0.25, 0.3) is 5.91 Å². The van der Waals surface area contributed by atoms with Gasteiger partial charge in [-0.1, -0.05) is 59.8 Å². The largest absolute Gasteiger partial charge is 0.318 e. The van der Waals surface area contributed by atoms with E-state index in [1.54, 1.807) is 12.1 Å². The molecule has 3 aromatic rings. The van der Waals surface area contributed by atoms with Crippen LogP contribution in [0.5, 0.6) is 0 Å². The Kier molecular flexibility index (Phi) is 5.15. The highest BCUT2D eigenvalue weighted by Crippen LogP contribution is 2.37. The number of nitrogens with zero attached hydrogens (tertiary/aromatic N) is 2. The Hall–Kier alpha value is -2.34. The summed E-state index contributed by atoms with van der Waals surface area (Å²) < 4.78 is 2.69. The fraction of sp³-hybridized carbons (Fsp3) is 0.0909. The average molecular weight is 425 g/mol. The van der Waals surface area contributed by atoms with Crippen molar-refractivity contribution in [1.29, 1.82) is 0 Å². The molecule has 0 bridgehead atoms. The van der Waals surface area contributed by atoms with Gasteiger partial charge in [-0.25, -0.2) is 0 Å². The Balaban J connectivity index is 1.71. The summed E-state index contributed by atoms with van der Waals surface area (Å²) in [5.41, 5.74) is 4.99. The number of hydrogen-bond donors (Lipinski definition) is 0. The van der Waals surface area contributed by atoms with Crippen molar-refractivity contribution in [1.82, 2.24) is 4.57 Å². The van der Waals surface area contributed by atoms with Crippen molar-refractivity contribution in [2.75, 3.05) is 4.90 Å². The van der Waals surface area contributed by atoms with Crippen LogP contribution in [0.2, 0.25) is 5.02 Å². The monoisotopic (exact) mass is 424 g/mol. The normalized spacial score (nSPS) is 15.7. The number of amides is 1. The first-order chi connectivity index (χ1) is 13.5. The second-order valence-electron chi connectivity index (χ2n) is 6.49. The Morgan fingerprint density at radius 1 is 1.00 bits per heavy atom. The molecule has 0 radical (unpaired) electrons. The summed E-state index contributed by atoms with van der Waals surface area (Å²) >= 11 is 12.8. The summed E-state index contributed by atoms with van der Waals surface area (Å²) in [5, 5.41) is 0.571. The fourth-order valence-corrected chi connectivity index (χ4v) is 4.83. The molecule has 0 N–H and O–H groups in total. The van der Waals surface area contributed by atoms with Crippen LogP contribution in [0.4, 0.5) is 5.69 Å². The van der Waals surface area contributed by atoms with E-state index in [0.717, 1.165) is 22.6 Å². The molecule has 1 amide bonds. The number of aryl methyl sites for hydroxylation is 1. The van der Waals surface area contributed by atoms with Crippen molar-refractivity contribution in [2.45, 2.75) is 13.8 Å². The molecule has 0 spiro atoms. The average Bonchev–Trinajstić information content (AvgIpc) is 3.11. The van der Waals surface area contributed by atoms with E-state index in [2.05, 4.69) is 36.6 Å². The molecule has 0 aliphatic carbocycles. The summed E-state index contributed by atoms with van der Waals surface area (Å²) in [5.74, 6) is -0.123. The molecule has 0 saturated carbocycles. The quantitative estimate of drug-likeness (QED) is 0.372. The first-order valence-electron chi connectivity index (χ1n) is 8.73. The lowest BCUT2D eigenvalue weighted by molar-refractivity contribution is -0.113.